The minimum Gasteiger partial charge on any atom is -0.497 e. The van der Waals surface area contributed by atoms with E-state index in [0.717, 1.165) is 29.0 Å². The molecule has 2 heterocycles. The molecule has 0 bridgehead atoms. The normalized spacial score (nSPS) is 10.6. The molecule has 0 spiro atoms. The number of ether oxygens (including phenoxy) is 1. The number of rotatable bonds is 7. The molecule has 1 N–H and O–H groups in total. The molecule has 3 aromatic rings. The van der Waals surface area contributed by atoms with Gasteiger partial charge in [0.1, 0.15) is 17.1 Å². The summed E-state index contributed by atoms with van der Waals surface area (Å²) < 4.78 is 10.5. The topological polar surface area (TPSA) is 81.4 Å². The number of nitrogens with zero attached hydrogens (tertiary/aromatic N) is 1. The molecule has 6 heteroatoms. The summed E-state index contributed by atoms with van der Waals surface area (Å²) in [7, 11) is 1.63. The van der Waals surface area contributed by atoms with E-state index in [1.54, 1.807) is 26.3 Å². The van der Waals surface area contributed by atoms with Gasteiger partial charge in [0.25, 0.3) is 5.91 Å². The number of pyridine rings is 1. The number of carbonyl (C=O) groups excluding carboxylic acids is 1. The minimum absolute atomic E-state index is 0.0332. The second-order valence-corrected chi connectivity index (χ2v) is 6.91. The summed E-state index contributed by atoms with van der Waals surface area (Å²) in [5.74, 6) is 0.897. The van der Waals surface area contributed by atoms with Crippen molar-refractivity contribution >= 4 is 5.91 Å². The first-order valence-electron chi connectivity index (χ1n) is 9.42. The molecule has 0 radical (unpaired) electrons. The highest BCUT2D eigenvalue weighted by atomic mass is 16.5. The number of aromatic nitrogens is 1. The lowest BCUT2D eigenvalue weighted by Gasteiger charge is -2.08. The average molecular weight is 392 g/mol. The predicted octanol–water partition coefficient (Wildman–Crippen LogP) is 3.38. The zero-order valence-electron chi connectivity index (χ0n) is 16.8. The first kappa shape index (κ1) is 20.3. The first-order valence-corrected chi connectivity index (χ1v) is 9.42. The van der Waals surface area contributed by atoms with Gasteiger partial charge in [-0.15, -0.1) is 0 Å². The van der Waals surface area contributed by atoms with Crippen molar-refractivity contribution in [3.8, 4) is 5.75 Å². The third kappa shape index (κ3) is 5.31. The van der Waals surface area contributed by atoms with Crippen LogP contribution in [-0.4, -0.2) is 18.0 Å². The van der Waals surface area contributed by atoms with Gasteiger partial charge in [-0.2, -0.15) is 0 Å². The summed E-state index contributed by atoms with van der Waals surface area (Å²) in [6.45, 7) is 3.95. The van der Waals surface area contributed by atoms with Crippen molar-refractivity contribution in [2.45, 2.75) is 33.2 Å². The van der Waals surface area contributed by atoms with Crippen LogP contribution in [0.25, 0.3) is 0 Å². The van der Waals surface area contributed by atoms with E-state index in [9.17, 15) is 9.59 Å². The molecule has 0 atom stereocenters. The highest BCUT2D eigenvalue weighted by Gasteiger charge is 2.17. The van der Waals surface area contributed by atoms with Crippen LogP contribution in [0.5, 0.6) is 5.75 Å². The van der Waals surface area contributed by atoms with E-state index in [1.807, 2.05) is 43.3 Å². The summed E-state index contributed by atoms with van der Waals surface area (Å²) in [5, 5.41) is 2.74. The van der Waals surface area contributed by atoms with Gasteiger partial charge in [0.15, 0.2) is 0 Å². The fourth-order valence-electron chi connectivity index (χ4n) is 3.08. The molecule has 0 aliphatic carbocycles. The summed E-state index contributed by atoms with van der Waals surface area (Å²) in [6, 6.07) is 13.3. The summed E-state index contributed by atoms with van der Waals surface area (Å²) in [5.41, 5.74) is 2.91. The van der Waals surface area contributed by atoms with E-state index in [4.69, 9.17) is 9.15 Å². The molecule has 0 saturated carbocycles. The van der Waals surface area contributed by atoms with Crippen molar-refractivity contribution in [2.24, 2.45) is 0 Å². The number of carbonyl (C=O) groups is 1. The van der Waals surface area contributed by atoms with E-state index >= 15 is 0 Å². The maximum absolute atomic E-state index is 12.5. The standard InChI is InChI=1S/C23H24N2O4/c1-15-10-11-24-18(12-15)14-25-22(26)21-16(2)13-20(29-23(21)27)9-6-17-4-7-19(28-3)8-5-17/h4-5,7-8,10-13H,6,9,14H2,1-3H3,(H,25,26). The van der Waals surface area contributed by atoms with Gasteiger partial charge in [-0.25, -0.2) is 4.79 Å². The third-order valence-electron chi connectivity index (χ3n) is 4.65. The Kier molecular flexibility index (Phi) is 6.44. The number of nitrogens with one attached hydrogen (secondary N) is 1. The Morgan fingerprint density at radius 2 is 1.86 bits per heavy atom. The van der Waals surface area contributed by atoms with Crippen LogP contribution in [0.15, 0.2) is 57.9 Å². The quantitative estimate of drug-likeness (QED) is 0.667. The van der Waals surface area contributed by atoms with Crippen LogP contribution in [-0.2, 0) is 19.4 Å². The van der Waals surface area contributed by atoms with E-state index in [2.05, 4.69) is 10.3 Å². The molecule has 0 fully saturated rings. The monoisotopic (exact) mass is 392 g/mol. The number of benzene rings is 1. The Morgan fingerprint density at radius 1 is 1.10 bits per heavy atom. The van der Waals surface area contributed by atoms with Gasteiger partial charge in [-0.3, -0.25) is 9.78 Å². The van der Waals surface area contributed by atoms with Crippen LogP contribution in [0.3, 0.4) is 0 Å². The number of methoxy groups -OCH3 is 1. The highest BCUT2D eigenvalue weighted by molar-refractivity contribution is 5.95. The largest absolute Gasteiger partial charge is 0.497 e. The molecule has 1 aromatic carbocycles. The van der Waals surface area contributed by atoms with E-state index in [-0.39, 0.29) is 12.1 Å². The molecule has 29 heavy (non-hydrogen) atoms. The van der Waals surface area contributed by atoms with E-state index < -0.39 is 11.5 Å². The lowest BCUT2D eigenvalue weighted by Crippen LogP contribution is -2.29. The molecule has 150 valence electrons. The second kappa shape index (κ2) is 9.19. The van der Waals surface area contributed by atoms with Gasteiger partial charge in [-0.1, -0.05) is 12.1 Å². The molecular formula is C23H24N2O4. The third-order valence-corrected chi connectivity index (χ3v) is 4.65. The second-order valence-electron chi connectivity index (χ2n) is 6.91. The van der Waals surface area contributed by atoms with Gasteiger partial charge in [0, 0.05) is 12.6 Å². The van der Waals surface area contributed by atoms with Crippen molar-refractivity contribution in [1.29, 1.82) is 0 Å². The highest BCUT2D eigenvalue weighted by Crippen LogP contribution is 2.14. The van der Waals surface area contributed by atoms with Gasteiger partial charge >= 0.3 is 5.63 Å². The zero-order valence-corrected chi connectivity index (χ0v) is 16.8. The van der Waals surface area contributed by atoms with Gasteiger partial charge in [-0.05, 0) is 67.3 Å². The van der Waals surface area contributed by atoms with Crippen LogP contribution in [0.2, 0.25) is 0 Å². The smallest absolute Gasteiger partial charge is 0.349 e. The number of hydrogen-bond acceptors (Lipinski definition) is 5. The fraction of sp³-hybridized carbons (Fsp3) is 0.261. The van der Waals surface area contributed by atoms with Crippen LogP contribution in [0.1, 0.15) is 38.5 Å². The van der Waals surface area contributed by atoms with Crippen molar-refractivity contribution in [3.63, 3.8) is 0 Å². The Labute approximate surface area is 169 Å². The Balaban J connectivity index is 1.66. The number of aryl methyl sites for hydroxylation is 4. The maximum Gasteiger partial charge on any atom is 0.349 e. The maximum atomic E-state index is 12.5. The number of hydrogen-bond donors (Lipinski definition) is 1. The molecule has 0 aliphatic heterocycles. The Morgan fingerprint density at radius 3 is 2.52 bits per heavy atom. The molecule has 2 aromatic heterocycles. The molecule has 1 amide bonds. The van der Waals surface area contributed by atoms with Gasteiger partial charge < -0.3 is 14.5 Å². The van der Waals surface area contributed by atoms with Crippen LogP contribution in [0, 0.1) is 13.8 Å². The lowest BCUT2D eigenvalue weighted by atomic mass is 10.1. The van der Waals surface area contributed by atoms with Crippen LogP contribution in [0.4, 0.5) is 0 Å². The summed E-state index contributed by atoms with van der Waals surface area (Å²) >= 11 is 0. The molecule has 3 rings (SSSR count). The number of amides is 1. The van der Waals surface area contributed by atoms with Gasteiger partial charge in [0.05, 0.1) is 19.3 Å². The van der Waals surface area contributed by atoms with Gasteiger partial charge in [0.2, 0.25) is 0 Å². The molecule has 0 aliphatic rings. The summed E-state index contributed by atoms with van der Waals surface area (Å²) in [4.78, 5) is 29.1. The molecule has 0 unspecified atom stereocenters. The predicted molar refractivity (Wildman–Crippen MR) is 110 cm³/mol. The Hall–Kier alpha value is -3.41. The van der Waals surface area contributed by atoms with E-state index in [1.165, 1.54) is 0 Å². The van der Waals surface area contributed by atoms with Crippen molar-refractivity contribution < 1.29 is 13.9 Å². The fourth-order valence-corrected chi connectivity index (χ4v) is 3.08. The minimum atomic E-state index is -0.621. The van der Waals surface area contributed by atoms with Crippen molar-refractivity contribution in [1.82, 2.24) is 10.3 Å². The van der Waals surface area contributed by atoms with E-state index in [0.29, 0.717) is 17.7 Å². The van der Waals surface area contributed by atoms with Crippen molar-refractivity contribution in [2.75, 3.05) is 7.11 Å². The zero-order chi connectivity index (χ0) is 20.8. The SMILES string of the molecule is COc1ccc(CCc2cc(C)c(C(=O)NCc3cc(C)ccn3)c(=O)o2)cc1. The Bertz CT molecular complexity index is 1060. The van der Waals surface area contributed by atoms with Crippen LogP contribution < -0.4 is 15.7 Å². The average Bonchev–Trinajstić information content (AvgIpc) is 2.70. The molecular weight excluding hydrogens is 368 g/mol. The summed E-state index contributed by atoms with van der Waals surface area (Å²) in [6.07, 6.45) is 2.97. The lowest BCUT2D eigenvalue weighted by molar-refractivity contribution is 0.0945. The van der Waals surface area contributed by atoms with Crippen LogP contribution >= 0.6 is 0 Å². The first-order chi connectivity index (χ1) is 14.0. The molecule has 0 saturated heterocycles. The molecule has 6 nitrogen and oxygen atoms in total. The van der Waals surface area contributed by atoms with Crippen molar-refractivity contribution in [3.05, 3.63) is 92.8 Å².